The van der Waals surface area contributed by atoms with Gasteiger partial charge in [-0.3, -0.25) is 10.1 Å². The SMILES string of the molecule is CCC(O)CNc1c([N+](=O)[O-])c(C)nn1C(C)C. The molecule has 0 aliphatic carbocycles. The number of nitrogens with zero attached hydrogens (tertiary/aromatic N) is 3. The molecule has 0 aliphatic rings. The highest BCUT2D eigenvalue weighted by Gasteiger charge is 2.26. The average Bonchev–Trinajstić information content (AvgIpc) is 2.63. The summed E-state index contributed by atoms with van der Waals surface area (Å²) in [6.07, 6.45) is 0.0655. The van der Waals surface area contributed by atoms with Gasteiger partial charge in [0.1, 0.15) is 5.69 Å². The number of hydrogen-bond donors (Lipinski definition) is 2. The lowest BCUT2D eigenvalue weighted by molar-refractivity contribution is -0.384. The molecule has 0 saturated carbocycles. The largest absolute Gasteiger partial charge is 0.391 e. The Morgan fingerprint density at radius 3 is 2.61 bits per heavy atom. The van der Waals surface area contributed by atoms with Gasteiger partial charge in [-0.05, 0) is 27.2 Å². The maximum atomic E-state index is 11.0. The first-order valence-corrected chi connectivity index (χ1v) is 6.03. The summed E-state index contributed by atoms with van der Waals surface area (Å²) in [5.41, 5.74) is 0.356. The van der Waals surface area contributed by atoms with E-state index in [2.05, 4.69) is 10.4 Å². The summed E-state index contributed by atoms with van der Waals surface area (Å²) in [6, 6.07) is 0.0127. The van der Waals surface area contributed by atoms with Gasteiger partial charge in [0.25, 0.3) is 0 Å². The normalized spacial score (nSPS) is 12.8. The molecule has 0 radical (unpaired) electrons. The highest BCUT2D eigenvalue weighted by atomic mass is 16.6. The van der Waals surface area contributed by atoms with Gasteiger partial charge in [0.15, 0.2) is 0 Å². The van der Waals surface area contributed by atoms with E-state index in [1.54, 1.807) is 11.6 Å². The van der Waals surface area contributed by atoms with E-state index in [0.29, 0.717) is 17.9 Å². The van der Waals surface area contributed by atoms with Crippen molar-refractivity contribution in [1.29, 1.82) is 0 Å². The first-order valence-electron chi connectivity index (χ1n) is 6.03. The molecule has 0 bridgehead atoms. The summed E-state index contributed by atoms with van der Waals surface area (Å²) in [4.78, 5) is 10.6. The van der Waals surface area contributed by atoms with Crippen LogP contribution in [0.15, 0.2) is 0 Å². The first kappa shape index (κ1) is 14.4. The lowest BCUT2D eigenvalue weighted by Crippen LogP contribution is -2.21. The lowest BCUT2D eigenvalue weighted by atomic mass is 10.3. The van der Waals surface area contributed by atoms with Gasteiger partial charge in [-0.15, -0.1) is 0 Å². The van der Waals surface area contributed by atoms with Crippen LogP contribution in [0, 0.1) is 17.0 Å². The van der Waals surface area contributed by atoms with E-state index in [0.717, 1.165) is 0 Å². The number of nitrogens with one attached hydrogen (secondary N) is 1. The second-order valence-electron chi connectivity index (χ2n) is 4.52. The Labute approximate surface area is 106 Å². The van der Waals surface area contributed by atoms with Crippen molar-refractivity contribution in [2.75, 3.05) is 11.9 Å². The molecule has 1 aromatic rings. The quantitative estimate of drug-likeness (QED) is 0.598. The van der Waals surface area contributed by atoms with Gasteiger partial charge in [-0.1, -0.05) is 6.92 Å². The van der Waals surface area contributed by atoms with Gasteiger partial charge in [-0.25, -0.2) is 4.68 Å². The fourth-order valence-electron chi connectivity index (χ4n) is 1.65. The van der Waals surface area contributed by atoms with Crippen LogP contribution in [-0.4, -0.2) is 32.5 Å². The van der Waals surface area contributed by atoms with E-state index in [4.69, 9.17) is 0 Å². The third-order valence-electron chi connectivity index (χ3n) is 2.70. The summed E-state index contributed by atoms with van der Waals surface area (Å²) >= 11 is 0. The molecule has 0 saturated heterocycles. The van der Waals surface area contributed by atoms with Crippen LogP contribution in [0.2, 0.25) is 0 Å². The zero-order valence-corrected chi connectivity index (χ0v) is 11.2. The number of aliphatic hydroxyl groups is 1. The van der Waals surface area contributed by atoms with Gasteiger partial charge in [-0.2, -0.15) is 5.10 Å². The van der Waals surface area contributed by atoms with Crippen molar-refractivity contribution >= 4 is 11.5 Å². The summed E-state index contributed by atoms with van der Waals surface area (Å²) < 4.78 is 1.58. The Hall–Kier alpha value is -1.63. The van der Waals surface area contributed by atoms with E-state index in [9.17, 15) is 15.2 Å². The summed E-state index contributed by atoms with van der Waals surface area (Å²) in [7, 11) is 0. The second kappa shape index (κ2) is 5.81. The minimum Gasteiger partial charge on any atom is -0.391 e. The minimum atomic E-state index is -0.527. The summed E-state index contributed by atoms with van der Waals surface area (Å²) in [6.45, 7) is 7.54. The van der Waals surface area contributed by atoms with Crippen molar-refractivity contribution in [2.24, 2.45) is 0 Å². The molecule has 7 nitrogen and oxygen atoms in total. The van der Waals surface area contributed by atoms with E-state index in [-0.39, 0.29) is 18.3 Å². The van der Waals surface area contributed by atoms with Crippen LogP contribution in [0.1, 0.15) is 38.9 Å². The molecule has 102 valence electrons. The first-order chi connectivity index (χ1) is 8.38. The molecule has 0 amide bonds. The third kappa shape index (κ3) is 2.98. The Balaban J connectivity index is 3.08. The molecule has 1 aromatic heterocycles. The molecule has 0 spiro atoms. The number of hydrogen-bond acceptors (Lipinski definition) is 5. The monoisotopic (exact) mass is 256 g/mol. The van der Waals surface area contributed by atoms with Crippen LogP contribution >= 0.6 is 0 Å². The molecule has 1 atom stereocenters. The Kier molecular flexibility index (Phi) is 4.66. The van der Waals surface area contributed by atoms with Gasteiger partial charge >= 0.3 is 5.69 Å². The molecule has 1 rings (SSSR count). The van der Waals surface area contributed by atoms with Crippen molar-refractivity contribution in [3.8, 4) is 0 Å². The van der Waals surface area contributed by atoms with Gasteiger partial charge in [0, 0.05) is 12.6 Å². The summed E-state index contributed by atoms with van der Waals surface area (Å²) in [5, 5.41) is 27.7. The standard InChI is InChI=1S/C11H20N4O3/c1-5-9(16)6-12-11-10(15(17)18)8(4)13-14(11)7(2)3/h7,9,12,16H,5-6H2,1-4H3. The van der Waals surface area contributed by atoms with Crippen LogP contribution in [0.3, 0.4) is 0 Å². The van der Waals surface area contributed by atoms with Crippen LogP contribution in [0.5, 0.6) is 0 Å². The zero-order chi connectivity index (χ0) is 13.9. The van der Waals surface area contributed by atoms with E-state index in [1.807, 2.05) is 20.8 Å². The highest BCUT2D eigenvalue weighted by Crippen LogP contribution is 2.30. The number of aryl methyl sites for hydroxylation is 1. The molecule has 18 heavy (non-hydrogen) atoms. The molecule has 0 fully saturated rings. The number of aliphatic hydroxyl groups excluding tert-OH is 1. The van der Waals surface area contributed by atoms with Gasteiger partial charge < -0.3 is 10.4 Å². The predicted octanol–water partition coefficient (Wildman–Crippen LogP) is 1.86. The Morgan fingerprint density at radius 2 is 2.17 bits per heavy atom. The van der Waals surface area contributed by atoms with Crippen LogP contribution in [0.25, 0.3) is 0 Å². The molecule has 0 aromatic carbocycles. The Morgan fingerprint density at radius 1 is 1.56 bits per heavy atom. The number of anilines is 1. The topological polar surface area (TPSA) is 93.2 Å². The number of aromatic nitrogens is 2. The Bertz CT molecular complexity index is 428. The van der Waals surface area contributed by atoms with Gasteiger partial charge in [0.05, 0.1) is 11.0 Å². The number of rotatable bonds is 6. The van der Waals surface area contributed by atoms with Crippen molar-refractivity contribution in [3.63, 3.8) is 0 Å². The van der Waals surface area contributed by atoms with Crippen LogP contribution in [0.4, 0.5) is 11.5 Å². The highest BCUT2D eigenvalue weighted by molar-refractivity contribution is 5.59. The lowest BCUT2D eigenvalue weighted by Gasteiger charge is -2.14. The second-order valence-corrected chi connectivity index (χ2v) is 4.52. The van der Waals surface area contributed by atoms with Crippen molar-refractivity contribution in [1.82, 2.24) is 9.78 Å². The zero-order valence-electron chi connectivity index (χ0n) is 11.2. The molecule has 1 unspecified atom stereocenters. The maximum Gasteiger partial charge on any atom is 0.333 e. The third-order valence-corrected chi connectivity index (χ3v) is 2.70. The van der Waals surface area contributed by atoms with E-state index in [1.165, 1.54) is 0 Å². The van der Waals surface area contributed by atoms with Crippen molar-refractivity contribution < 1.29 is 10.0 Å². The average molecular weight is 256 g/mol. The van der Waals surface area contributed by atoms with E-state index < -0.39 is 11.0 Å². The smallest absolute Gasteiger partial charge is 0.333 e. The fourth-order valence-corrected chi connectivity index (χ4v) is 1.65. The molecule has 7 heteroatoms. The molecular formula is C11H20N4O3. The van der Waals surface area contributed by atoms with Crippen molar-refractivity contribution in [2.45, 2.75) is 46.3 Å². The van der Waals surface area contributed by atoms with Crippen molar-refractivity contribution in [3.05, 3.63) is 15.8 Å². The summed E-state index contributed by atoms with van der Waals surface area (Å²) in [5.74, 6) is 0.361. The molecular weight excluding hydrogens is 236 g/mol. The number of nitro groups is 1. The predicted molar refractivity (Wildman–Crippen MR) is 68.8 cm³/mol. The fraction of sp³-hybridized carbons (Fsp3) is 0.727. The maximum absolute atomic E-state index is 11.0. The minimum absolute atomic E-state index is 0.0127. The molecule has 0 aliphatic heterocycles. The van der Waals surface area contributed by atoms with Crippen LogP contribution < -0.4 is 5.32 Å². The van der Waals surface area contributed by atoms with Crippen LogP contribution in [-0.2, 0) is 0 Å². The molecule has 1 heterocycles. The van der Waals surface area contributed by atoms with E-state index >= 15 is 0 Å². The molecule has 2 N–H and O–H groups in total. The van der Waals surface area contributed by atoms with Gasteiger partial charge in [0.2, 0.25) is 5.82 Å².